The zero-order chi connectivity index (χ0) is 13.0. The summed E-state index contributed by atoms with van der Waals surface area (Å²) in [6, 6.07) is 1.93. The number of amides is 1. The molecule has 0 saturated carbocycles. The van der Waals surface area contributed by atoms with Crippen molar-refractivity contribution in [1.29, 1.82) is 0 Å². The van der Waals surface area contributed by atoms with Crippen molar-refractivity contribution in [2.45, 2.75) is 44.7 Å². The molecule has 0 radical (unpaired) electrons. The minimum atomic E-state index is -0.224. The van der Waals surface area contributed by atoms with Crippen LogP contribution >= 0.6 is 0 Å². The van der Waals surface area contributed by atoms with Crippen molar-refractivity contribution < 1.29 is 4.79 Å². The van der Waals surface area contributed by atoms with Crippen LogP contribution in [-0.4, -0.2) is 39.7 Å². The van der Waals surface area contributed by atoms with Gasteiger partial charge in [0.1, 0.15) is 6.04 Å². The first kappa shape index (κ1) is 13.1. The highest BCUT2D eigenvalue weighted by atomic mass is 16.2. The molecule has 1 aliphatic heterocycles. The van der Waals surface area contributed by atoms with E-state index in [0.717, 1.165) is 25.8 Å². The number of nitrogens with two attached hydrogens (primary N) is 1. The van der Waals surface area contributed by atoms with E-state index in [9.17, 15) is 4.79 Å². The van der Waals surface area contributed by atoms with E-state index in [2.05, 4.69) is 5.10 Å². The second kappa shape index (κ2) is 6.00. The number of hydrogen-bond acceptors (Lipinski definition) is 3. The molecule has 1 fully saturated rings. The van der Waals surface area contributed by atoms with Crippen molar-refractivity contribution >= 4 is 5.91 Å². The van der Waals surface area contributed by atoms with Gasteiger partial charge in [0.05, 0.1) is 0 Å². The quantitative estimate of drug-likeness (QED) is 0.872. The third-order valence-electron chi connectivity index (χ3n) is 3.69. The zero-order valence-electron chi connectivity index (χ0n) is 11.0. The summed E-state index contributed by atoms with van der Waals surface area (Å²) >= 11 is 0. The van der Waals surface area contributed by atoms with Gasteiger partial charge in [0.25, 0.3) is 0 Å². The van der Waals surface area contributed by atoms with Gasteiger partial charge in [-0.2, -0.15) is 5.10 Å². The highest BCUT2D eigenvalue weighted by Crippen LogP contribution is 2.22. The van der Waals surface area contributed by atoms with E-state index in [4.69, 9.17) is 5.73 Å². The summed E-state index contributed by atoms with van der Waals surface area (Å²) in [5, 5.41) is 4.15. The number of likely N-dealkylation sites (tertiary alicyclic amines) is 1. The first-order valence-corrected chi connectivity index (χ1v) is 6.73. The Balaban J connectivity index is 2.06. The van der Waals surface area contributed by atoms with Crippen LogP contribution in [0.15, 0.2) is 18.5 Å². The average Bonchev–Trinajstić information content (AvgIpc) is 2.92. The molecule has 1 aromatic heterocycles. The van der Waals surface area contributed by atoms with Crippen LogP contribution < -0.4 is 5.73 Å². The summed E-state index contributed by atoms with van der Waals surface area (Å²) in [6.45, 7) is 3.41. The molecule has 5 heteroatoms. The van der Waals surface area contributed by atoms with Crippen LogP contribution in [-0.2, 0) is 4.79 Å². The number of hydrogen-bond donors (Lipinski definition) is 1. The molecular weight excluding hydrogens is 228 g/mol. The SMILES string of the molecule is CC(C(=O)N1CCCCC1CCN)n1cccn1. The maximum atomic E-state index is 12.5. The van der Waals surface area contributed by atoms with Crippen LogP contribution in [0.2, 0.25) is 0 Å². The minimum Gasteiger partial charge on any atom is -0.338 e. The highest BCUT2D eigenvalue weighted by Gasteiger charge is 2.29. The average molecular weight is 250 g/mol. The predicted molar refractivity (Wildman–Crippen MR) is 70.0 cm³/mol. The Hall–Kier alpha value is -1.36. The van der Waals surface area contributed by atoms with Crippen LogP contribution in [0.5, 0.6) is 0 Å². The van der Waals surface area contributed by atoms with Gasteiger partial charge in [0.2, 0.25) is 5.91 Å². The Bertz CT molecular complexity index is 374. The molecular formula is C13H22N4O. The molecule has 2 N–H and O–H groups in total. The van der Waals surface area contributed by atoms with Gasteiger partial charge in [-0.1, -0.05) is 0 Å². The monoisotopic (exact) mass is 250 g/mol. The molecule has 2 unspecified atom stereocenters. The Morgan fingerprint density at radius 2 is 2.39 bits per heavy atom. The van der Waals surface area contributed by atoms with Crippen LogP contribution in [0.3, 0.4) is 0 Å². The lowest BCUT2D eigenvalue weighted by atomic mass is 9.98. The van der Waals surface area contributed by atoms with E-state index in [-0.39, 0.29) is 11.9 Å². The van der Waals surface area contributed by atoms with E-state index in [1.807, 2.05) is 24.1 Å². The maximum Gasteiger partial charge on any atom is 0.247 e. The molecule has 0 bridgehead atoms. The topological polar surface area (TPSA) is 64.2 Å². The fourth-order valence-electron chi connectivity index (χ4n) is 2.65. The Kier molecular flexibility index (Phi) is 4.36. The van der Waals surface area contributed by atoms with Crippen molar-refractivity contribution in [3.8, 4) is 0 Å². The van der Waals surface area contributed by atoms with E-state index < -0.39 is 0 Å². The summed E-state index contributed by atoms with van der Waals surface area (Å²) < 4.78 is 1.72. The van der Waals surface area contributed by atoms with Gasteiger partial charge in [-0.3, -0.25) is 9.48 Å². The predicted octanol–water partition coefficient (Wildman–Crippen LogP) is 1.17. The van der Waals surface area contributed by atoms with Crippen LogP contribution in [0, 0.1) is 0 Å². The van der Waals surface area contributed by atoms with Crippen LogP contribution in [0.4, 0.5) is 0 Å². The number of carbonyl (C=O) groups is 1. The Labute approximate surface area is 108 Å². The number of carbonyl (C=O) groups excluding carboxylic acids is 1. The summed E-state index contributed by atoms with van der Waals surface area (Å²) in [7, 11) is 0. The van der Waals surface area contributed by atoms with Gasteiger partial charge in [-0.05, 0) is 45.2 Å². The number of nitrogens with zero attached hydrogens (tertiary/aromatic N) is 3. The molecule has 5 nitrogen and oxygen atoms in total. The van der Waals surface area contributed by atoms with Crippen molar-refractivity contribution in [1.82, 2.24) is 14.7 Å². The smallest absolute Gasteiger partial charge is 0.247 e. The number of rotatable bonds is 4. The van der Waals surface area contributed by atoms with Crippen LogP contribution in [0.1, 0.15) is 38.6 Å². The van der Waals surface area contributed by atoms with Gasteiger partial charge in [0, 0.05) is 25.0 Å². The van der Waals surface area contributed by atoms with Crippen molar-refractivity contribution in [2.75, 3.05) is 13.1 Å². The molecule has 2 atom stereocenters. The molecule has 100 valence electrons. The second-order valence-electron chi connectivity index (χ2n) is 4.92. The normalized spacial score (nSPS) is 21.9. The fourth-order valence-corrected chi connectivity index (χ4v) is 2.65. The molecule has 0 aliphatic carbocycles. The van der Waals surface area contributed by atoms with Crippen molar-refractivity contribution in [3.63, 3.8) is 0 Å². The van der Waals surface area contributed by atoms with Gasteiger partial charge < -0.3 is 10.6 Å². The Morgan fingerprint density at radius 1 is 1.56 bits per heavy atom. The molecule has 0 aromatic carbocycles. The molecule has 1 amide bonds. The Morgan fingerprint density at radius 3 is 3.06 bits per heavy atom. The van der Waals surface area contributed by atoms with Gasteiger partial charge in [-0.15, -0.1) is 0 Å². The second-order valence-corrected chi connectivity index (χ2v) is 4.92. The third-order valence-corrected chi connectivity index (χ3v) is 3.69. The van der Waals surface area contributed by atoms with Crippen molar-refractivity contribution in [2.24, 2.45) is 5.73 Å². The molecule has 1 aliphatic rings. The standard InChI is InChI=1S/C13H22N4O/c1-11(17-10-4-8-15-17)13(18)16-9-3-2-5-12(16)6-7-14/h4,8,10-12H,2-3,5-7,9,14H2,1H3. The summed E-state index contributed by atoms with van der Waals surface area (Å²) in [5.41, 5.74) is 5.64. The number of piperidine rings is 1. The van der Waals surface area contributed by atoms with Crippen molar-refractivity contribution in [3.05, 3.63) is 18.5 Å². The highest BCUT2D eigenvalue weighted by molar-refractivity contribution is 5.80. The largest absolute Gasteiger partial charge is 0.338 e. The first-order chi connectivity index (χ1) is 8.74. The molecule has 1 saturated heterocycles. The maximum absolute atomic E-state index is 12.5. The molecule has 2 heterocycles. The van der Waals surface area contributed by atoms with Gasteiger partial charge in [-0.25, -0.2) is 0 Å². The van der Waals surface area contributed by atoms with E-state index >= 15 is 0 Å². The summed E-state index contributed by atoms with van der Waals surface area (Å²) in [4.78, 5) is 14.5. The van der Waals surface area contributed by atoms with E-state index in [1.165, 1.54) is 6.42 Å². The van der Waals surface area contributed by atoms with Crippen LogP contribution in [0.25, 0.3) is 0 Å². The van der Waals surface area contributed by atoms with E-state index in [1.54, 1.807) is 10.9 Å². The van der Waals surface area contributed by atoms with E-state index in [0.29, 0.717) is 12.6 Å². The lowest BCUT2D eigenvalue weighted by Gasteiger charge is -2.37. The summed E-state index contributed by atoms with van der Waals surface area (Å²) in [5.74, 6) is 0.164. The van der Waals surface area contributed by atoms with Gasteiger partial charge >= 0.3 is 0 Å². The fraction of sp³-hybridized carbons (Fsp3) is 0.692. The zero-order valence-corrected chi connectivity index (χ0v) is 11.0. The molecule has 1 aromatic rings. The summed E-state index contributed by atoms with van der Waals surface area (Å²) in [6.07, 6.45) is 7.82. The van der Waals surface area contributed by atoms with Gasteiger partial charge in [0.15, 0.2) is 0 Å². The molecule has 18 heavy (non-hydrogen) atoms. The first-order valence-electron chi connectivity index (χ1n) is 6.73. The minimum absolute atomic E-state index is 0.164. The lowest BCUT2D eigenvalue weighted by Crippen LogP contribution is -2.47. The molecule has 0 spiro atoms. The molecule has 2 rings (SSSR count). The lowest BCUT2D eigenvalue weighted by molar-refractivity contribution is -0.138. The third kappa shape index (κ3) is 2.72. The number of aromatic nitrogens is 2.